The molecule has 1 aromatic carbocycles. The Morgan fingerprint density at radius 1 is 1.26 bits per heavy atom. The van der Waals surface area contributed by atoms with Gasteiger partial charge in [-0.25, -0.2) is 0 Å². The summed E-state index contributed by atoms with van der Waals surface area (Å²) in [5, 5.41) is 9.81. The maximum absolute atomic E-state index is 12.0. The van der Waals surface area contributed by atoms with Crippen molar-refractivity contribution in [1.82, 2.24) is 4.90 Å². The number of carbonyl (C=O) groups excluding carboxylic acids is 1. The molecule has 6 heteroatoms. The molecule has 104 valence electrons. The monoisotopic (exact) mass is 303 g/mol. The first-order valence-electron chi connectivity index (χ1n) is 5.70. The molecule has 19 heavy (non-hydrogen) atoms. The summed E-state index contributed by atoms with van der Waals surface area (Å²) in [5.41, 5.74) is 0.722. The molecule has 0 aromatic heterocycles. The van der Waals surface area contributed by atoms with Gasteiger partial charge in [0.05, 0.1) is 6.04 Å². The van der Waals surface area contributed by atoms with E-state index in [9.17, 15) is 9.59 Å². The minimum Gasteiger partial charge on any atom is -0.481 e. The largest absolute Gasteiger partial charge is 0.481 e. The Bertz CT molecular complexity index is 505. The molecule has 0 saturated heterocycles. The van der Waals surface area contributed by atoms with Gasteiger partial charge in [-0.2, -0.15) is 0 Å². The van der Waals surface area contributed by atoms with Crippen molar-refractivity contribution < 1.29 is 14.7 Å². The second kappa shape index (κ2) is 6.26. The lowest BCUT2D eigenvalue weighted by Gasteiger charge is -2.27. The van der Waals surface area contributed by atoms with Crippen LogP contribution in [0, 0.1) is 5.92 Å². The average Bonchev–Trinajstić information content (AvgIpc) is 2.35. The van der Waals surface area contributed by atoms with Crippen molar-refractivity contribution in [2.45, 2.75) is 19.9 Å². The summed E-state index contributed by atoms with van der Waals surface area (Å²) in [5.74, 6) is -2.70. The normalized spacial score (nSPS) is 13.7. The van der Waals surface area contributed by atoms with Gasteiger partial charge in [0.1, 0.15) is 5.92 Å². The van der Waals surface area contributed by atoms with Crippen LogP contribution in [-0.4, -0.2) is 28.9 Å². The predicted molar refractivity (Wildman–Crippen MR) is 74.4 cm³/mol. The van der Waals surface area contributed by atoms with Crippen molar-refractivity contribution in [3.8, 4) is 0 Å². The van der Waals surface area contributed by atoms with Gasteiger partial charge in [0.2, 0.25) is 5.91 Å². The second-order valence-electron chi connectivity index (χ2n) is 4.35. The van der Waals surface area contributed by atoms with Crippen LogP contribution in [0.3, 0.4) is 0 Å². The van der Waals surface area contributed by atoms with Crippen molar-refractivity contribution in [3.05, 3.63) is 33.8 Å². The highest BCUT2D eigenvalue weighted by molar-refractivity contribution is 6.35. The maximum Gasteiger partial charge on any atom is 0.315 e. The molecule has 4 nitrogen and oxygen atoms in total. The topological polar surface area (TPSA) is 57.6 Å². The predicted octanol–water partition coefficient (Wildman–Crippen LogP) is 3.23. The molecule has 1 rings (SSSR count). The Morgan fingerprint density at radius 3 is 2.32 bits per heavy atom. The number of hydrogen-bond donors (Lipinski definition) is 1. The molecule has 1 N–H and O–H groups in total. The molecule has 0 spiro atoms. The number of benzene rings is 1. The first kappa shape index (κ1) is 15.8. The molecule has 2 unspecified atom stereocenters. The molecule has 0 aliphatic heterocycles. The fourth-order valence-corrected chi connectivity index (χ4v) is 2.22. The van der Waals surface area contributed by atoms with Crippen LogP contribution in [0.5, 0.6) is 0 Å². The van der Waals surface area contributed by atoms with E-state index in [1.807, 2.05) is 0 Å². The minimum absolute atomic E-state index is 0.334. The van der Waals surface area contributed by atoms with E-state index in [1.165, 1.54) is 11.8 Å². The number of carboxylic acids is 1. The summed E-state index contributed by atoms with van der Waals surface area (Å²) < 4.78 is 0. The summed E-state index contributed by atoms with van der Waals surface area (Å²) in [4.78, 5) is 24.1. The summed E-state index contributed by atoms with van der Waals surface area (Å²) in [6, 6.07) is 4.66. The van der Waals surface area contributed by atoms with E-state index >= 15 is 0 Å². The van der Waals surface area contributed by atoms with E-state index in [-0.39, 0.29) is 6.04 Å². The Hall–Kier alpha value is -1.26. The van der Waals surface area contributed by atoms with E-state index in [4.69, 9.17) is 28.3 Å². The van der Waals surface area contributed by atoms with Gasteiger partial charge in [0.25, 0.3) is 0 Å². The number of carbonyl (C=O) groups is 2. The third-order valence-electron chi connectivity index (χ3n) is 3.08. The van der Waals surface area contributed by atoms with Crippen molar-refractivity contribution >= 4 is 35.1 Å². The zero-order valence-corrected chi connectivity index (χ0v) is 12.4. The number of amides is 1. The quantitative estimate of drug-likeness (QED) is 0.869. The van der Waals surface area contributed by atoms with Crippen LogP contribution in [0.15, 0.2) is 18.2 Å². The van der Waals surface area contributed by atoms with Crippen LogP contribution in [0.25, 0.3) is 0 Å². The Kier molecular flexibility index (Phi) is 5.20. The number of rotatable bonds is 4. The molecule has 2 atom stereocenters. The van der Waals surface area contributed by atoms with Crippen LogP contribution in [0.1, 0.15) is 25.5 Å². The zero-order valence-electron chi connectivity index (χ0n) is 10.9. The molecule has 1 aromatic rings. The summed E-state index contributed by atoms with van der Waals surface area (Å²) in [6.45, 7) is 3.14. The molecular weight excluding hydrogens is 289 g/mol. The van der Waals surface area contributed by atoms with Gasteiger partial charge in [0, 0.05) is 17.1 Å². The molecule has 0 bridgehead atoms. The Balaban J connectivity index is 2.96. The van der Waals surface area contributed by atoms with E-state index < -0.39 is 17.8 Å². The van der Waals surface area contributed by atoms with Gasteiger partial charge < -0.3 is 10.0 Å². The second-order valence-corrected chi connectivity index (χ2v) is 5.19. The van der Waals surface area contributed by atoms with Crippen molar-refractivity contribution in [1.29, 1.82) is 0 Å². The van der Waals surface area contributed by atoms with Crippen LogP contribution >= 0.6 is 23.2 Å². The fraction of sp³-hybridized carbons (Fsp3) is 0.385. The van der Waals surface area contributed by atoms with Gasteiger partial charge in [0.15, 0.2) is 0 Å². The molecule has 0 saturated carbocycles. The number of nitrogens with zero attached hydrogens (tertiary/aromatic N) is 1. The van der Waals surface area contributed by atoms with E-state index in [1.54, 1.807) is 32.2 Å². The van der Waals surface area contributed by atoms with Gasteiger partial charge >= 0.3 is 5.97 Å². The summed E-state index contributed by atoms with van der Waals surface area (Å²) >= 11 is 11.9. The maximum atomic E-state index is 12.0. The van der Waals surface area contributed by atoms with Crippen LogP contribution in [0.2, 0.25) is 10.0 Å². The number of hydrogen-bond acceptors (Lipinski definition) is 2. The highest BCUT2D eigenvalue weighted by Crippen LogP contribution is 2.29. The fourth-order valence-electron chi connectivity index (χ4n) is 1.65. The van der Waals surface area contributed by atoms with Crippen molar-refractivity contribution in [3.63, 3.8) is 0 Å². The number of carboxylic acid groups (broad SMARTS) is 1. The van der Waals surface area contributed by atoms with Crippen LogP contribution < -0.4 is 0 Å². The molecule has 0 radical (unpaired) electrons. The van der Waals surface area contributed by atoms with E-state index in [2.05, 4.69) is 0 Å². The van der Waals surface area contributed by atoms with Gasteiger partial charge in [-0.05, 0) is 31.5 Å². The standard InChI is InChI=1S/C13H15Cl2NO3/c1-7(13(18)19)12(17)16(3)8(2)10-5-4-9(14)6-11(10)15/h4-8H,1-3H3,(H,18,19). The molecule has 0 heterocycles. The van der Waals surface area contributed by atoms with Gasteiger partial charge in [-0.1, -0.05) is 29.3 Å². The Morgan fingerprint density at radius 2 is 1.84 bits per heavy atom. The van der Waals surface area contributed by atoms with Crippen LogP contribution in [0.4, 0.5) is 0 Å². The van der Waals surface area contributed by atoms with Gasteiger partial charge in [-0.15, -0.1) is 0 Å². The minimum atomic E-state index is -1.15. The third-order valence-corrected chi connectivity index (χ3v) is 3.64. The smallest absolute Gasteiger partial charge is 0.315 e. The molecular formula is C13H15Cl2NO3. The molecule has 1 amide bonds. The lowest BCUT2D eigenvalue weighted by Crippen LogP contribution is -2.37. The van der Waals surface area contributed by atoms with E-state index in [0.717, 1.165) is 5.56 Å². The zero-order chi connectivity index (χ0) is 14.7. The lowest BCUT2D eigenvalue weighted by molar-refractivity contribution is -0.150. The molecule has 0 fully saturated rings. The molecule has 0 aliphatic rings. The van der Waals surface area contributed by atoms with Crippen LogP contribution in [-0.2, 0) is 9.59 Å². The Labute approximate surface area is 121 Å². The third kappa shape index (κ3) is 3.61. The molecule has 0 aliphatic carbocycles. The van der Waals surface area contributed by atoms with E-state index in [0.29, 0.717) is 10.0 Å². The first-order valence-corrected chi connectivity index (χ1v) is 6.45. The van der Waals surface area contributed by atoms with Crippen molar-refractivity contribution in [2.75, 3.05) is 7.05 Å². The lowest BCUT2D eigenvalue weighted by atomic mass is 10.0. The average molecular weight is 304 g/mol. The summed E-state index contributed by atoms with van der Waals surface area (Å²) in [6.07, 6.45) is 0. The number of halogens is 2. The first-order chi connectivity index (χ1) is 8.75. The van der Waals surface area contributed by atoms with Gasteiger partial charge in [-0.3, -0.25) is 9.59 Å². The summed E-state index contributed by atoms with van der Waals surface area (Å²) in [7, 11) is 1.55. The van der Waals surface area contributed by atoms with Crippen molar-refractivity contribution in [2.24, 2.45) is 5.92 Å². The highest BCUT2D eigenvalue weighted by atomic mass is 35.5. The highest BCUT2D eigenvalue weighted by Gasteiger charge is 2.27. The number of aliphatic carboxylic acids is 1. The SMILES string of the molecule is CC(C(=O)O)C(=O)N(C)C(C)c1ccc(Cl)cc1Cl.